The van der Waals surface area contributed by atoms with Crippen LogP contribution in [0.15, 0.2) is 58.6 Å². The normalized spacial score (nSPS) is 21.9. The maximum atomic E-state index is 10.1. The van der Waals surface area contributed by atoms with Crippen molar-refractivity contribution in [2.45, 2.75) is 0 Å². The van der Waals surface area contributed by atoms with Gasteiger partial charge in [0.2, 0.25) is 0 Å². The fraction of sp³-hybridized carbons (Fsp3) is 0.0588. The van der Waals surface area contributed by atoms with Crippen molar-refractivity contribution in [1.82, 2.24) is 4.48 Å². The van der Waals surface area contributed by atoms with Crippen LogP contribution >= 0.6 is 0 Å². The molecule has 0 aromatic heterocycles. The molecule has 0 aliphatic carbocycles. The average molecular weight is 292 g/mol. The molecular formula is C17H14N3O2+. The van der Waals surface area contributed by atoms with Gasteiger partial charge in [-0.15, -0.1) is 0 Å². The third kappa shape index (κ3) is 1.63. The van der Waals surface area contributed by atoms with Gasteiger partial charge in [-0.2, -0.15) is 4.99 Å². The average Bonchev–Trinajstić information content (AvgIpc) is 2.88. The molecule has 0 spiro atoms. The number of fused-ring (bicyclic) bond motifs is 3. The largest absolute Gasteiger partial charge is 0.504 e. The van der Waals surface area contributed by atoms with Crippen LogP contribution in [0.25, 0.3) is 5.70 Å². The molecule has 0 bridgehead atoms. The van der Waals surface area contributed by atoms with E-state index in [2.05, 4.69) is 9.98 Å². The van der Waals surface area contributed by atoms with E-state index >= 15 is 0 Å². The van der Waals surface area contributed by atoms with E-state index in [0.29, 0.717) is 15.7 Å². The van der Waals surface area contributed by atoms with Gasteiger partial charge in [0.15, 0.2) is 17.2 Å². The molecule has 0 radical (unpaired) electrons. The highest BCUT2D eigenvalue weighted by atomic mass is 16.3. The van der Waals surface area contributed by atoms with Crippen molar-refractivity contribution < 1.29 is 10.2 Å². The summed E-state index contributed by atoms with van der Waals surface area (Å²) in [5.74, 6) is 0.464. The van der Waals surface area contributed by atoms with Crippen LogP contribution in [0.1, 0.15) is 5.56 Å². The molecule has 2 aliphatic rings. The maximum Gasteiger partial charge on any atom is 0.256 e. The fourth-order valence-corrected chi connectivity index (χ4v) is 2.87. The minimum atomic E-state index is -0.158. The molecule has 0 saturated heterocycles. The van der Waals surface area contributed by atoms with Gasteiger partial charge < -0.3 is 10.2 Å². The number of benzene rings is 2. The third-order valence-electron chi connectivity index (χ3n) is 4.08. The number of hydrogen-bond acceptors (Lipinski definition) is 4. The third-order valence-corrected chi connectivity index (χ3v) is 4.08. The topological polar surface area (TPSA) is 65.2 Å². The van der Waals surface area contributed by atoms with Gasteiger partial charge in [-0.3, -0.25) is 0 Å². The number of nitrogens with zero attached hydrogens (tertiary/aromatic N) is 3. The summed E-state index contributed by atoms with van der Waals surface area (Å²) in [6, 6.07) is 12.8. The van der Waals surface area contributed by atoms with Gasteiger partial charge in [0.05, 0.1) is 12.6 Å². The lowest BCUT2D eigenvalue weighted by atomic mass is 10.1. The van der Waals surface area contributed by atoms with E-state index in [9.17, 15) is 10.2 Å². The summed E-state index contributed by atoms with van der Waals surface area (Å²) in [7, 11) is 2.02. The van der Waals surface area contributed by atoms with Crippen LogP contribution in [0, 0.1) is 0 Å². The Morgan fingerprint density at radius 1 is 1.00 bits per heavy atom. The Hall–Kier alpha value is -2.92. The first-order chi connectivity index (χ1) is 10.6. The van der Waals surface area contributed by atoms with E-state index in [4.69, 9.17) is 0 Å². The Morgan fingerprint density at radius 3 is 2.68 bits per heavy atom. The molecular weight excluding hydrogens is 278 g/mol. The molecule has 2 aromatic rings. The second-order valence-corrected chi connectivity index (χ2v) is 5.48. The number of amidine groups is 1. The predicted molar refractivity (Wildman–Crippen MR) is 87.5 cm³/mol. The summed E-state index contributed by atoms with van der Waals surface area (Å²) in [6.45, 7) is 0. The highest BCUT2D eigenvalue weighted by molar-refractivity contribution is 6.38. The van der Waals surface area contributed by atoms with Crippen LogP contribution in [0.2, 0.25) is 0 Å². The van der Waals surface area contributed by atoms with Crippen molar-refractivity contribution in [3.8, 4) is 11.5 Å². The lowest BCUT2D eigenvalue weighted by Crippen LogP contribution is -2.45. The SMILES string of the molecule is C[N+]12C=C(c3cccc(O)c3O)N=C1C=Nc1ccccc12. The van der Waals surface area contributed by atoms with Crippen molar-refractivity contribution in [3.63, 3.8) is 0 Å². The van der Waals surface area contributed by atoms with Crippen molar-refractivity contribution in [2.24, 2.45) is 9.98 Å². The van der Waals surface area contributed by atoms with Gasteiger partial charge in [0.25, 0.3) is 5.84 Å². The van der Waals surface area contributed by atoms with Gasteiger partial charge in [0, 0.05) is 6.07 Å². The molecule has 4 rings (SSSR count). The molecule has 2 N–H and O–H groups in total. The molecule has 0 amide bonds. The number of aliphatic imine (C=N–C) groups is 2. The van der Waals surface area contributed by atoms with Gasteiger partial charge in [-0.1, -0.05) is 18.2 Å². The van der Waals surface area contributed by atoms with Crippen LogP contribution in [0.4, 0.5) is 11.4 Å². The fourth-order valence-electron chi connectivity index (χ4n) is 2.87. The molecule has 5 heteroatoms. The minimum absolute atomic E-state index is 0.153. The van der Waals surface area contributed by atoms with E-state index in [0.717, 1.165) is 17.2 Å². The zero-order valence-electron chi connectivity index (χ0n) is 11.9. The number of hydrogen-bond donors (Lipinski definition) is 2. The number of phenolic OH excluding ortho intramolecular Hbond substituents is 2. The summed E-state index contributed by atoms with van der Waals surface area (Å²) >= 11 is 0. The van der Waals surface area contributed by atoms with Crippen molar-refractivity contribution in [2.75, 3.05) is 7.05 Å². The quantitative estimate of drug-likeness (QED) is 0.626. The maximum absolute atomic E-state index is 10.1. The van der Waals surface area contributed by atoms with Crippen LogP contribution in [0.3, 0.4) is 0 Å². The Morgan fingerprint density at radius 2 is 1.82 bits per heavy atom. The van der Waals surface area contributed by atoms with Crippen molar-refractivity contribution in [3.05, 3.63) is 54.2 Å². The highest BCUT2D eigenvalue weighted by Gasteiger charge is 2.40. The molecule has 5 nitrogen and oxygen atoms in total. The smallest absolute Gasteiger partial charge is 0.256 e. The minimum Gasteiger partial charge on any atom is -0.504 e. The first kappa shape index (κ1) is 12.8. The molecule has 2 aromatic carbocycles. The van der Waals surface area contributed by atoms with Crippen molar-refractivity contribution >= 4 is 29.1 Å². The Bertz CT molecular complexity index is 883. The number of quaternary nitrogens is 1. The number of rotatable bonds is 1. The van der Waals surface area contributed by atoms with Gasteiger partial charge in [-0.05, 0) is 18.2 Å². The summed E-state index contributed by atoms with van der Waals surface area (Å²) in [6.07, 6.45) is 3.69. The van der Waals surface area contributed by atoms with E-state index in [1.54, 1.807) is 18.3 Å². The second kappa shape index (κ2) is 4.29. The molecule has 0 saturated carbocycles. The van der Waals surface area contributed by atoms with E-state index in [1.807, 2.05) is 37.5 Å². The van der Waals surface area contributed by atoms with Crippen LogP contribution < -0.4 is 4.48 Å². The molecule has 2 aliphatic heterocycles. The summed E-state index contributed by atoms with van der Waals surface area (Å²) in [5, 5.41) is 19.8. The van der Waals surface area contributed by atoms with E-state index in [1.165, 1.54) is 6.07 Å². The van der Waals surface area contributed by atoms with Crippen molar-refractivity contribution in [1.29, 1.82) is 0 Å². The second-order valence-electron chi connectivity index (χ2n) is 5.48. The molecule has 108 valence electrons. The standard InChI is InChI=1S/C17H13N3O2/c1-20-10-13(11-5-4-8-15(21)17(11)22)19-16(20)9-18-12-6-2-3-7-14(12)20/h2-10H,1H3,(H-,18,19,21,22)/p+1. The van der Waals surface area contributed by atoms with E-state index < -0.39 is 0 Å². The Labute approximate surface area is 127 Å². The van der Waals surface area contributed by atoms with Gasteiger partial charge >= 0.3 is 0 Å². The number of phenols is 2. The monoisotopic (exact) mass is 292 g/mol. The Kier molecular flexibility index (Phi) is 2.49. The Balaban J connectivity index is 1.91. The lowest BCUT2D eigenvalue weighted by molar-refractivity contribution is 0.402. The number of para-hydroxylation sites is 3. The lowest BCUT2D eigenvalue weighted by Gasteiger charge is -2.28. The van der Waals surface area contributed by atoms with Gasteiger partial charge in [0.1, 0.15) is 23.8 Å². The summed E-state index contributed by atoms with van der Waals surface area (Å²) in [5.41, 5.74) is 3.06. The highest BCUT2D eigenvalue weighted by Crippen LogP contribution is 2.43. The molecule has 0 fully saturated rings. The molecule has 1 atom stereocenters. The summed E-state index contributed by atoms with van der Waals surface area (Å²) in [4.78, 5) is 9.01. The van der Waals surface area contributed by atoms with Crippen LogP contribution in [0.5, 0.6) is 11.5 Å². The van der Waals surface area contributed by atoms with Crippen LogP contribution in [-0.4, -0.2) is 29.3 Å². The molecule has 2 heterocycles. The first-order valence-corrected chi connectivity index (χ1v) is 6.93. The molecule has 1 unspecified atom stereocenters. The predicted octanol–water partition coefficient (Wildman–Crippen LogP) is 3.16. The molecule has 22 heavy (non-hydrogen) atoms. The van der Waals surface area contributed by atoms with Gasteiger partial charge in [-0.25, -0.2) is 9.48 Å². The first-order valence-electron chi connectivity index (χ1n) is 6.93. The van der Waals surface area contributed by atoms with E-state index in [-0.39, 0.29) is 11.5 Å². The summed E-state index contributed by atoms with van der Waals surface area (Å²) < 4.78 is 0.393. The number of aromatic hydroxyl groups is 2. The zero-order chi connectivity index (χ0) is 15.3. The van der Waals surface area contributed by atoms with Crippen LogP contribution in [-0.2, 0) is 0 Å². The zero-order valence-corrected chi connectivity index (χ0v) is 11.9.